The van der Waals surface area contributed by atoms with Gasteiger partial charge in [-0.2, -0.15) is 0 Å². The van der Waals surface area contributed by atoms with Gasteiger partial charge in [0, 0.05) is 7.05 Å². The Morgan fingerprint density at radius 1 is 1.26 bits per heavy atom. The summed E-state index contributed by atoms with van der Waals surface area (Å²) in [4.78, 5) is 24.6. The van der Waals surface area contributed by atoms with E-state index < -0.39 is 0 Å². The lowest BCUT2D eigenvalue weighted by Crippen LogP contribution is -2.39. The molecule has 2 amide bonds. The number of amides is 2. The van der Waals surface area contributed by atoms with E-state index in [0.717, 1.165) is 0 Å². The van der Waals surface area contributed by atoms with Crippen LogP contribution in [0.5, 0.6) is 0 Å². The first-order chi connectivity index (χ1) is 8.95. The van der Waals surface area contributed by atoms with Gasteiger partial charge in [0.1, 0.15) is 0 Å². The molecule has 0 saturated carbocycles. The molecular formula is C12H15Cl2N3O2. The molecule has 0 radical (unpaired) electrons. The second-order valence-corrected chi connectivity index (χ2v) is 4.74. The number of likely N-dealkylation sites (N-methyl/N-ethyl adjacent to an activating group) is 2. The van der Waals surface area contributed by atoms with E-state index in [2.05, 4.69) is 10.6 Å². The number of hydrogen-bond donors (Lipinski definition) is 2. The zero-order valence-corrected chi connectivity index (χ0v) is 12.2. The molecule has 0 aliphatic heterocycles. The highest BCUT2D eigenvalue weighted by molar-refractivity contribution is 6.39. The van der Waals surface area contributed by atoms with Crippen LogP contribution >= 0.6 is 23.2 Å². The summed E-state index contributed by atoms with van der Waals surface area (Å²) in [7, 11) is 3.21. The van der Waals surface area contributed by atoms with E-state index in [1.54, 1.807) is 32.3 Å². The minimum absolute atomic E-state index is 0.0674. The predicted octanol–water partition coefficient (Wildman–Crippen LogP) is 1.61. The number of nitrogens with one attached hydrogen (secondary N) is 2. The van der Waals surface area contributed by atoms with E-state index in [9.17, 15) is 9.59 Å². The molecule has 5 nitrogen and oxygen atoms in total. The fraction of sp³-hybridized carbons (Fsp3) is 0.333. The molecule has 0 unspecified atom stereocenters. The number of halogens is 2. The minimum Gasteiger partial charge on any atom is -0.335 e. The first-order valence-electron chi connectivity index (χ1n) is 5.58. The van der Waals surface area contributed by atoms with E-state index >= 15 is 0 Å². The van der Waals surface area contributed by atoms with Crippen LogP contribution in [-0.4, -0.2) is 43.9 Å². The van der Waals surface area contributed by atoms with Crippen LogP contribution in [0.2, 0.25) is 10.0 Å². The number of hydrogen-bond acceptors (Lipinski definition) is 3. The number of rotatable bonds is 5. The van der Waals surface area contributed by atoms with Crippen molar-refractivity contribution < 1.29 is 9.59 Å². The van der Waals surface area contributed by atoms with E-state index in [1.807, 2.05) is 0 Å². The van der Waals surface area contributed by atoms with Gasteiger partial charge in [-0.1, -0.05) is 29.3 Å². The summed E-state index contributed by atoms with van der Waals surface area (Å²) in [6.45, 7) is 0.110. The van der Waals surface area contributed by atoms with Crippen LogP contribution in [0.4, 0.5) is 5.69 Å². The molecule has 0 spiro atoms. The maximum atomic E-state index is 11.8. The van der Waals surface area contributed by atoms with Crippen molar-refractivity contribution in [2.24, 2.45) is 0 Å². The van der Waals surface area contributed by atoms with E-state index in [-0.39, 0.29) is 24.9 Å². The fourth-order valence-electron chi connectivity index (χ4n) is 1.39. The average molecular weight is 304 g/mol. The van der Waals surface area contributed by atoms with Gasteiger partial charge < -0.3 is 15.5 Å². The maximum Gasteiger partial charge on any atom is 0.244 e. The fourth-order valence-corrected chi connectivity index (χ4v) is 1.88. The summed E-state index contributed by atoms with van der Waals surface area (Å²) in [6.07, 6.45) is 0. The average Bonchev–Trinajstić information content (AvgIpc) is 2.34. The summed E-state index contributed by atoms with van der Waals surface area (Å²) in [5.41, 5.74) is 0.352. The summed E-state index contributed by atoms with van der Waals surface area (Å²) in [5, 5.41) is 6.02. The lowest BCUT2D eigenvalue weighted by Gasteiger charge is -2.17. The number of nitrogens with zero attached hydrogens (tertiary/aromatic N) is 1. The van der Waals surface area contributed by atoms with Crippen LogP contribution in [0.15, 0.2) is 18.2 Å². The number of anilines is 1. The molecule has 7 heteroatoms. The SMILES string of the molecule is CNCC(=O)N(C)CC(=O)Nc1c(Cl)cccc1Cl. The molecule has 19 heavy (non-hydrogen) atoms. The minimum atomic E-state index is -0.359. The number of carbonyl (C=O) groups is 2. The molecule has 2 N–H and O–H groups in total. The lowest BCUT2D eigenvalue weighted by molar-refractivity contribution is -0.132. The van der Waals surface area contributed by atoms with Crippen LogP contribution in [0.1, 0.15) is 0 Å². The molecule has 1 rings (SSSR count). The van der Waals surface area contributed by atoms with Crippen LogP contribution in [0.3, 0.4) is 0 Å². The van der Waals surface area contributed by atoms with Crippen LogP contribution in [-0.2, 0) is 9.59 Å². The van der Waals surface area contributed by atoms with Gasteiger partial charge in [-0.3, -0.25) is 9.59 Å². The summed E-state index contributed by atoms with van der Waals surface area (Å²) >= 11 is 11.9. The van der Waals surface area contributed by atoms with Crippen molar-refractivity contribution in [1.29, 1.82) is 0 Å². The van der Waals surface area contributed by atoms with Gasteiger partial charge in [0.25, 0.3) is 0 Å². The Morgan fingerprint density at radius 3 is 2.37 bits per heavy atom. The third-order valence-electron chi connectivity index (χ3n) is 2.36. The standard InChI is InChI=1S/C12H15Cl2N3O2/c1-15-6-11(19)17(2)7-10(18)16-12-8(13)4-3-5-9(12)14/h3-5,15H,6-7H2,1-2H3,(H,16,18). The maximum absolute atomic E-state index is 11.8. The molecule has 0 atom stereocenters. The number of benzene rings is 1. The van der Waals surface area contributed by atoms with Crippen molar-refractivity contribution in [3.05, 3.63) is 28.2 Å². The van der Waals surface area contributed by atoms with Crippen molar-refractivity contribution in [1.82, 2.24) is 10.2 Å². The number of carbonyl (C=O) groups excluding carboxylic acids is 2. The highest BCUT2D eigenvalue weighted by atomic mass is 35.5. The summed E-state index contributed by atoms with van der Waals surface area (Å²) in [6, 6.07) is 4.93. The quantitative estimate of drug-likeness (QED) is 0.869. The summed E-state index contributed by atoms with van der Waals surface area (Å²) < 4.78 is 0. The predicted molar refractivity (Wildman–Crippen MR) is 76.7 cm³/mol. The first-order valence-corrected chi connectivity index (χ1v) is 6.33. The second-order valence-electron chi connectivity index (χ2n) is 3.92. The highest BCUT2D eigenvalue weighted by Crippen LogP contribution is 2.29. The zero-order chi connectivity index (χ0) is 14.4. The molecule has 104 valence electrons. The number of para-hydroxylation sites is 1. The van der Waals surface area contributed by atoms with Crippen molar-refractivity contribution in [3.8, 4) is 0 Å². The monoisotopic (exact) mass is 303 g/mol. The van der Waals surface area contributed by atoms with E-state index in [4.69, 9.17) is 23.2 Å². The topological polar surface area (TPSA) is 61.4 Å². The largest absolute Gasteiger partial charge is 0.335 e. The second kappa shape index (κ2) is 7.33. The third kappa shape index (κ3) is 4.70. The van der Waals surface area contributed by atoms with Gasteiger partial charge in [0.15, 0.2) is 0 Å². The third-order valence-corrected chi connectivity index (χ3v) is 2.99. The molecule has 0 aromatic heterocycles. The zero-order valence-electron chi connectivity index (χ0n) is 10.7. The Kier molecular flexibility index (Phi) is 6.08. The van der Waals surface area contributed by atoms with Gasteiger partial charge in [-0.25, -0.2) is 0 Å². The Balaban J connectivity index is 2.63. The Bertz CT molecular complexity index is 460. The van der Waals surface area contributed by atoms with E-state index in [1.165, 1.54) is 4.90 Å². The Hall–Kier alpha value is -1.30. The van der Waals surface area contributed by atoms with Crippen molar-refractivity contribution in [2.75, 3.05) is 32.5 Å². The molecule has 0 fully saturated rings. The Morgan fingerprint density at radius 2 is 1.84 bits per heavy atom. The molecular weight excluding hydrogens is 289 g/mol. The van der Waals surface area contributed by atoms with Gasteiger partial charge in [-0.15, -0.1) is 0 Å². The van der Waals surface area contributed by atoms with Crippen molar-refractivity contribution in [2.45, 2.75) is 0 Å². The molecule has 0 aliphatic rings. The first kappa shape index (κ1) is 15.8. The molecule has 0 heterocycles. The van der Waals surface area contributed by atoms with Crippen LogP contribution in [0, 0.1) is 0 Å². The lowest BCUT2D eigenvalue weighted by atomic mass is 10.3. The van der Waals surface area contributed by atoms with Crippen molar-refractivity contribution in [3.63, 3.8) is 0 Å². The smallest absolute Gasteiger partial charge is 0.244 e. The molecule has 1 aromatic rings. The summed E-state index contributed by atoms with van der Waals surface area (Å²) in [5.74, 6) is -0.537. The van der Waals surface area contributed by atoms with Crippen molar-refractivity contribution >= 4 is 40.7 Å². The van der Waals surface area contributed by atoms with Gasteiger partial charge in [0.05, 0.1) is 28.8 Å². The molecule has 0 bridgehead atoms. The molecule has 1 aromatic carbocycles. The van der Waals surface area contributed by atoms with E-state index in [0.29, 0.717) is 15.7 Å². The highest BCUT2D eigenvalue weighted by Gasteiger charge is 2.14. The van der Waals surface area contributed by atoms with Crippen LogP contribution < -0.4 is 10.6 Å². The normalized spacial score (nSPS) is 10.1. The van der Waals surface area contributed by atoms with Crippen LogP contribution in [0.25, 0.3) is 0 Å². The van der Waals surface area contributed by atoms with Gasteiger partial charge in [0.2, 0.25) is 11.8 Å². The molecule has 0 saturated heterocycles. The van der Waals surface area contributed by atoms with Gasteiger partial charge in [-0.05, 0) is 19.2 Å². The molecule has 0 aliphatic carbocycles. The van der Waals surface area contributed by atoms with Gasteiger partial charge >= 0.3 is 0 Å². The Labute approximate surface area is 121 Å².